The Hall–Kier alpha value is -3.31. The summed E-state index contributed by atoms with van der Waals surface area (Å²) in [6, 6.07) is 3.70. The normalized spacial score (nSPS) is 17.5. The molecule has 0 spiro atoms. The van der Waals surface area contributed by atoms with Crippen LogP contribution in [0, 0.1) is 11.2 Å². The van der Waals surface area contributed by atoms with Crippen LogP contribution < -0.4 is 10.6 Å². The van der Waals surface area contributed by atoms with E-state index >= 15 is 0 Å². The van der Waals surface area contributed by atoms with Crippen LogP contribution in [0.2, 0.25) is 0 Å². The van der Waals surface area contributed by atoms with E-state index in [-0.39, 0.29) is 12.1 Å². The van der Waals surface area contributed by atoms with E-state index < -0.39 is 58.4 Å². The third kappa shape index (κ3) is 6.92. The van der Waals surface area contributed by atoms with Crippen LogP contribution in [0.4, 0.5) is 41.2 Å². The largest absolute Gasteiger partial charge is 0.416 e. The molecule has 0 unspecified atom stereocenters. The fraction of sp³-hybridized carbons (Fsp3) is 0.440. The molecular weight excluding hydrogens is 507 g/mol. The Labute approximate surface area is 209 Å². The summed E-state index contributed by atoms with van der Waals surface area (Å²) in [5, 5.41) is 4.42. The van der Waals surface area contributed by atoms with Gasteiger partial charge in [0.1, 0.15) is 11.9 Å². The SMILES string of the molecule is CC(C)(C)[C@H](NC(=O)Nc1cc(C(F)(F)F)cc(C(F)(F)F)c1)C(=O)N1CCC[C@@H]1c1ccc(F)cc1. The fourth-order valence-electron chi connectivity index (χ4n) is 4.20. The van der Waals surface area contributed by atoms with Crippen molar-refractivity contribution in [1.82, 2.24) is 10.2 Å². The Kier molecular flexibility index (Phi) is 7.80. The number of anilines is 1. The Morgan fingerprint density at radius 1 is 0.919 bits per heavy atom. The van der Waals surface area contributed by atoms with Gasteiger partial charge in [-0.2, -0.15) is 26.3 Å². The van der Waals surface area contributed by atoms with E-state index in [9.17, 15) is 40.3 Å². The van der Waals surface area contributed by atoms with Gasteiger partial charge in [-0.15, -0.1) is 0 Å². The first-order valence-electron chi connectivity index (χ1n) is 11.4. The van der Waals surface area contributed by atoms with Gasteiger partial charge in [-0.25, -0.2) is 9.18 Å². The first-order chi connectivity index (χ1) is 17.0. The molecule has 5 nitrogen and oxygen atoms in total. The number of rotatable bonds is 4. The zero-order valence-electron chi connectivity index (χ0n) is 20.2. The molecule has 2 atom stereocenters. The molecule has 12 heteroatoms. The van der Waals surface area contributed by atoms with Crippen LogP contribution in [-0.2, 0) is 17.1 Å². The molecule has 3 amide bonds. The first-order valence-corrected chi connectivity index (χ1v) is 11.4. The lowest BCUT2D eigenvalue weighted by molar-refractivity contribution is -0.143. The first kappa shape index (κ1) is 28.3. The molecule has 0 bridgehead atoms. The van der Waals surface area contributed by atoms with Gasteiger partial charge in [0, 0.05) is 12.2 Å². The van der Waals surface area contributed by atoms with Crippen LogP contribution in [0.25, 0.3) is 0 Å². The van der Waals surface area contributed by atoms with Crippen molar-refractivity contribution in [3.8, 4) is 0 Å². The smallest absolute Gasteiger partial charge is 0.334 e. The zero-order valence-corrected chi connectivity index (χ0v) is 20.2. The van der Waals surface area contributed by atoms with Gasteiger partial charge in [-0.05, 0) is 54.2 Å². The minimum absolute atomic E-state index is 0.0481. The van der Waals surface area contributed by atoms with Crippen LogP contribution in [0.3, 0.4) is 0 Å². The molecule has 1 fully saturated rings. The number of halogens is 7. The quantitative estimate of drug-likeness (QED) is 0.427. The van der Waals surface area contributed by atoms with Gasteiger partial charge in [0.05, 0.1) is 17.2 Å². The number of nitrogens with zero attached hydrogens (tertiary/aromatic N) is 1. The predicted molar refractivity (Wildman–Crippen MR) is 122 cm³/mol. The predicted octanol–water partition coefficient (Wildman–Crippen LogP) is 6.76. The molecule has 1 aliphatic heterocycles. The monoisotopic (exact) mass is 533 g/mol. The number of hydrogen-bond acceptors (Lipinski definition) is 2. The Morgan fingerprint density at radius 2 is 1.46 bits per heavy atom. The summed E-state index contributed by atoms with van der Waals surface area (Å²) < 4.78 is 92.3. The van der Waals surface area contributed by atoms with Crippen molar-refractivity contribution in [2.45, 2.75) is 58.0 Å². The third-order valence-electron chi connectivity index (χ3n) is 6.02. The molecule has 3 rings (SSSR count). The van der Waals surface area contributed by atoms with Crippen molar-refractivity contribution < 1.29 is 40.3 Å². The summed E-state index contributed by atoms with van der Waals surface area (Å²) in [4.78, 5) is 27.8. The van der Waals surface area contributed by atoms with Crippen LogP contribution in [0.15, 0.2) is 42.5 Å². The summed E-state index contributed by atoms with van der Waals surface area (Å²) in [5.74, 6) is -0.914. The molecule has 0 aliphatic carbocycles. The average Bonchev–Trinajstić information content (AvgIpc) is 3.25. The molecule has 0 saturated carbocycles. The highest BCUT2D eigenvalue weighted by molar-refractivity contribution is 5.94. The maximum Gasteiger partial charge on any atom is 0.416 e. The number of carbonyl (C=O) groups excluding carboxylic acids is 2. The minimum atomic E-state index is -5.08. The van der Waals surface area contributed by atoms with Gasteiger partial charge in [0.15, 0.2) is 0 Å². The topological polar surface area (TPSA) is 61.4 Å². The number of likely N-dealkylation sites (tertiary alicyclic amines) is 1. The van der Waals surface area contributed by atoms with E-state index in [0.717, 1.165) is 0 Å². The van der Waals surface area contributed by atoms with Crippen LogP contribution in [0.5, 0.6) is 0 Å². The van der Waals surface area contributed by atoms with Crippen molar-refractivity contribution >= 4 is 17.6 Å². The maximum absolute atomic E-state index is 13.5. The lowest BCUT2D eigenvalue weighted by Gasteiger charge is -2.36. The highest BCUT2D eigenvalue weighted by Gasteiger charge is 2.41. The molecule has 2 aromatic carbocycles. The summed E-state index contributed by atoms with van der Waals surface area (Å²) in [6.45, 7) is 5.33. The number of carbonyl (C=O) groups is 2. The third-order valence-corrected chi connectivity index (χ3v) is 6.02. The minimum Gasteiger partial charge on any atom is -0.334 e. The van der Waals surface area contributed by atoms with E-state index in [4.69, 9.17) is 0 Å². The number of alkyl halides is 6. The van der Waals surface area contributed by atoms with Gasteiger partial charge >= 0.3 is 18.4 Å². The molecule has 202 valence electrons. The summed E-state index contributed by atoms with van der Waals surface area (Å²) in [6.07, 6.45) is -8.90. The molecule has 1 saturated heterocycles. The second kappa shape index (κ2) is 10.2. The molecule has 37 heavy (non-hydrogen) atoms. The van der Waals surface area contributed by atoms with Gasteiger partial charge in [-0.1, -0.05) is 32.9 Å². The van der Waals surface area contributed by atoms with Crippen LogP contribution >= 0.6 is 0 Å². The van der Waals surface area contributed by atoms with Gasteiger partial charge < -0.3 is 15.5 Å². The van der Waals surface area contributed by atoms with Gasteiger partial charge in [0.25, 0.3) is 0 Å². The van der Waals surface area contributed by atoms with E-state index in [1.54, 1.807) is 32.9 Å². The maximum atomic E-state index is 13.5. The van der Waals surface area contributed by atoms with E-state index in [2.05, 4.69) is 5.32 Å². The van der Waals surface area contributed by atoms with E-state index in [0.29, 0.717) is 37.1 Å². The van der Waals surface area contributed by atoms with Crippen molar-refractivity contribution in [2.75, 3.05) is 11.9 Å². The van der Waals surface area contributed by atoms with Gasteiger partial charge in [0.2, 0.25) is 5.91 Å². The van der Waals surface area contributed by atoms with Crippen molar-refractivity contribution in [1.29, 1.82) is 0 Å². The molecular formula is C25H26F7N3O2. The standard InChI is InChI=1S/C25H26F7N3O2/c1-23(2,3)20(21(36)35-10-4-5-19(35)14-6-8-17(26)9-7-14)34-22(37)33-18-12-15(24(27,28)29)11-16(13-18)25(30,31)32/h6-9,11-13,19-20H,4-5,10H2,1-3H3,(H2,33,34,37)/t19-,20-/m1/s1. The molecule has 0 aromatic heterocycles. The Morgan fingerprint density at radius 3 is 1.95 bits per heavy atom. The number of nitrogens with one attached hydrogen (secondary N) is 2. The lowest BCUT2D eigenvalue weighted by atomic mass is 9.85. The van der Waals surface area contributed by atoms with E-state index in [1.165, 1.54) is 17.0 Å². The lowest BCUT2D eigenvalue weighted by Crippen LogP contribution is -2.55. The second-order valence-corrected chi connectivity index (χ2v) is 9.93. The highest BCUT2D eigenvalue weighted by atomic mass is 19.4. The number of hydrogen-bond donors (Lipinski definition) is 2. The zero-order chi connectivity index (χ0) is 27.8. The van der Waals surface area contributed by atoms with Crippen LogP contribution in [0.1, 0.15) is 56.3 Å². The Balaban J connectivity index is 1.84. The summed E-state index contributed by atoms with van der Waals surface area (Å²) in [5.41, 5.74) is -4.06. The fourth-order valence-corrected chi connectivity index (χ4v) is 4.20. The molecule has 0 radical (unpaired) electrons. The van der Waals surface area contributed by atoms with Crippen molar-refractivity contribution in [2.24, 2.45) is 5.41 Å². The Bertz CT molecular complexity index is 1110. The highest BCUT2D eigenvalue weighted by Crippen LogP contribution is 2.38. The number of amides is 3. The van der Waals surface area contributed by atoms with Crippen molar-refractivity contribution in [3.05, 3.63) is 65.0 Å². The second-order valence-electron chi connectivity index (χ2n) is 9.93. The molecule has 1 aliphatic rings. The average molecular weight is 533 g/mol. The summed E-state index contributed by atoms with van der Waals surface area (Å²) in [7, 11) is 0. The van der Waals surface area contributed by atoms with Crippen molar-refractivity contribution in [3.63, 3.8) is 0 Å². The molecule has 2 aromatic rings. The molecule has 1 heterocycles. The number of urea groups is 1. The molecule has 2 N–H and O–H groups in total. The van der Waals surface area contributed by atoms with Gasteiger partial charge in [-0.3, -0.25) is 4.79 Å². The van der Waals surface area contributed by atoms with E-state index in [1.807, 2.05) is 5.32 Å². The number of benzene rings is 2. The van der Waals surface area contributed by atoms with Crippen LogP contribution in [-0.4, -0.2) is 29.4 Å². The summed E-state index contributed by atoms with van der Waals surface area (Å²) >= 11 is 0.